The molecule has 1 saturated heterocycles. The largest absolute Gasteiger partial charge is 0.383 e. The van der Waals surface area contributed by atoms with Crippen molar-refractivity contribution in [1.29, 1.82) is 0 Å². The molecule has 1 rings (SSSR count). The molecule has 1 fully saturated rings. The summed E-state index contributed by atoms with van der Waals surface area (Å²) in [6.07, 6.45) is 6.37. The Kier molecular flexibility index (Phi) is 7.87. The van der Waals surface area contributed by atoms with Crippen molar-refractivity contribution in [3.63, 3.8) is 0 Å². The number of ether oxygens (including phenoxy) is 1. The number of nitrogens with zero attached hydrogens (tertiary/aromatic N) is 1. The molecule has 0 aliphatic carbocycles. The zero-order valence-corrected chi connectivity index (χ0v) is 12.5. The smallest absolute Gasteiger partial charge is 0.0618 e. The molecule has 2 N–H and O–H groups in total. The number of hydrogen-bond acceptors (Lipinski definition) is 3. The van der Waals surface area contributed by atoms with Gasteiger partial charge in [0, 0.05) is 13.2 Å². The van der Waals surface area contributed by atoms with Gasteiger partial charge < -0.3 is 10.5 Å². The molecule has 0 radical (unpaired) electrons. The van der Waals surface area contributed by atoms with Gasteiger partial charge in [-0.25, -0.2) is 0 Å². The van der Waals surface area contributed by atoms with Gasteiger partial charge in [0.1, 0.15) is 0 Å². The fourth-order valence-corrected chi connectivity index (χ4v) is 3.09. The van der Waals surface area contributed by atoms with Crippen molar-refractivity contribution >= 4 is 0 Å². The second kappa shape index (κ2) is 8.89. The molecule has 1 aliphatic rings. The molecule has 1 aliphatic heterocycles. The van der Waals surface area contributed by atoms with Gasteiger partial charge in [0.15, 0.2) is 0 Å². The van der Waals surface area contributed by atoms with Gasteiger partial charge in [0.05, 0.1) is 6.61 Å². The summed E-state index contributed by atoms with van der Waals surface area (Å²) in [7, 11) is 1.81. The third kappa shape index (κ3) is 5.25. The van der Waals surface area contributed by atoms with Crippen LogP contribution < -0.4 is 5.73 Å². The zero-order chi connectivity index (χ0) is 13.4. The average Bonchev–Trinajstić information content (AvgIpc) is 2.60. The number of nitrogens with two attached hydrogens (primary N) is 1. The summed E-state index contributed by atoms with van der Waals surface area (Å²) >= 11 is 0. The zero-order valence-electron chi connectivity index (χ0n) is 12.5. The molecule has 18 heavy (non-hydrogen) atoms. The van der Waals surface area contributed by atoms with E-state index in [1.54, 1.807) is 0 Å². The maximum atomic E-state index is 5.64. The van der Waals surface area contributed by atoms with Gasteiger partial charge in [-0.05, 0) is 63.6 Å². The highest BCUT2D eigenvalue weighted by Crippen LogP contribution is 2.26. The van der Waals surface area contributed by atoms with Crippen LogP contribution in [0.2, 0.25) is 0 Å². The van der Waals surface area contributed by atoms with Gasteiger partial charge in [-0.15, -0.1) is 0 Å². The lowest BCUT2D eigenvalue weighted by atomic mass is 9.89. The minimum absolute atomic E-state index is 0.574. The van der Waals surface area contributed by atoms with E-state index in [0.29, 0.717) is 6.04 Å². The minimum atomic E-state index is 0.574. The summed E-state index contributed by atoms with van der Waals surface area (Å²) in [5, 5.41) is 0. The number of likely N-dealkylation sites (tertiary alicyclic amines) is 1. The summed E-state index contributed by atoms with van der Waals surface area (Å²) in [5.74, 6) is 1.74. The fourth-order valence-electron chi connectivity index (χ4n) is 3.09. The van der Waals surface area contributed by atoms with E-state index < -0.39 is 0 Å². The lowest BCUT2D eigenvalue weighted by Gasteiger charge is -2.30. The van der Waals surface area contributed by atoms with Gasteiger partial charge in [-0.1, -0.05) is 13.8 Å². The van der Waals surface area contributed by atoms with Crippen molar-refractivity contribution in [2.24, 2.45) is 17.6 Å². The summed E-state index contributed by atoms with van der Waals surface area (Å²) in [6, 6.07) is 0.574. The predicted octanol–water partition coefficient (Wildman–Crippen LogP) is 2.50. The highest BCUT2D eigenvalue weighted by Gasteiger charge is 2.24. The molecule has 0 aromatic carbocycles. The Morgan fingerprint density at radius 3 is 2.67 bits per heavy atom. The van der Waals surface area contributed by atoms with E-state index in [9.17, 15) is 0 Å². The minimum Gasteiger partial charge on any atom is -0.383 e. The monoisotopic (exact) mass is 256 g/mol. The first-order valence-corrected chi connectivity index (χ1v) is 7.62. The second-order valence-corrected chi connectivity index (χ2v) is 6.01. The molecule has 2 atom stereocenters. The molecule has 3 nitrogen and oxygen atoms in total. The van der Waals surface area contributed by atoms with Crippen LogP contribution in [0.4, 0.5) is 0 Å². The lowest BCUT2D eigenvalue weighted by Crippen LogP contribution is -2.39. The topological polar surface area (TPSA) is 38.5 Å². The molecule has 108 valence electrons. The Morgan fingerprint density at radius 2 is 2.06 bits per heavy atom. The molecule has 1 heterocycles. The van der Waals surface area contributed by atoms with E-state index >= 15 is 0 Å². The summed E-state index contributed by atoms with van der Waals surface area (Å²) in [5.41, 5.74) is 5.64. The van der Waals surface area contributed by atoms with E-state index in [0.717, 1.165) is 31.4 Å². The van der Waals surface area contributed by atoms with Crippen molar-refractivity contribution in [2.45, 2.75) is 52.0 Å². The molecule has 0 spiro atoms. The molecule has 0 saturated carbocycles. The first kappa shape index (κ1) is 15.9. The van der Waals surface area contributed by atoms with E-state index in [2.05, 4.69) is 18.7 Å². The van der Waals surface area contributed by atoms with E-state index in [4.69, 9.17) is 10.5 Å². The molecule has 0 bridgehead atoms. The van der Waals surface area contributed by atoms with Crippen molar-refractivity contribution in [3.05, 3.63) is 0 Å². The Bertz CT molecular complexity index is 209. The normalized spacial score (nSPS) is 24.2. The van der Waals surface area contributed by atoms with Crippen molar-refractivity contribution in [1.82, 2.24) is 4.90 Å². The Hall–Kier alpha value is -0.120. The standard InChI is InChI=1S/C15H32N2O/c1-13(2)14-6-5-10-17(11-8-14)15(12-18-3)7-4-9-16/h13-15H,4-12,16H2,1-3H3. The van der Waals surface area contributed by atoms with Gasteiger partial charge in [0.25, 0.3) is 0 Å². The third-order valence-electron chi connectivity index (χ3n) is 4.37. The van der Waals surface area contributed by atoms with Crippen LogP contribution in [0.15, 0.2) is 0 Å². The van der Waals surface area contributed by atoms with Gasteiger partial charge in [-0.3, -0.25) is 4.90 Å². The summed E-state index contributed by atoms with van der Waals surface area (Å²) < 4.78 is 5.39. The number of hydrogen-bond donors (Lipinski definition) is 1. The number of methoxy groups -OCH3 is 1. The first-order chi connectivity index (χ1) is 8.69. The van der Waals surface area contributed by atoms with E-state index in [1.807, 2.05) is 7.11 Å². The first-order valence-electron chi connectivity index (χ1n) is 7.62. The Labute approximate surface area is 113 Å². The molecule has 3 heteroatoms. The third-order valence-corrected chi connectivity index (χ3v) is 4.37. The predicted molar refractivity (Wildman–Crippen MR) is 77.7 cm³/mol. The molecule has 2 unspecified atom stereocenters. The Balaban J connectivity index is 2.46. The second-order valence-electron chi connectivity index (χ2n) is 6.01. The maximum absolute atomic E-state index is 5.64. The molecule has 0 aromatic rings. The van der Waals surface area contributed by atoms with Crippen LogP contribution in [-0.2, 0) is 4.74 Å². The van der Waals surface area contributed by atoms with Gasteiger partial charge in [0.2, 0.25) is 0 Å². The van der Waals surface area contributed by atoms with E-state index in [-0.39, 0.29) is 0 Å². The quantitative estimate of drug-likeness (QED) is 0.760. The van der Waals surface area contributed by atoms with Crippen LogP contribution in [0.1, 0.15) is 46.0 Å². The number of rotatable bonds is 7. The van der Waals surface area contributed by atoms with Crippen LogP contribution in [0.3, 0.4) is 0 Å². The Morgan fingerprint density at radius 1 is 1.28 bits per heavy atom. The highest BCUT2D eigenvalue weighted by molar-refractivity contribution is 4.78. The maximum Gasteiger partial charge on any atom is 0.0618 e. The fraction of sp³-hybridized carbons (Fsp3) is 1.00. The van der Waals surface area contributed by atoms with Crippen molar-refractivity contribution in [3.8, 4) is 0 Å². The molecule has 0 amide bonds. The van der Waals surface area contributed by atoms with Crippen LogP contribution in [0, 0.1) is 11.8 Å². The highest BCUT2D eigenvalue weighted by atomic mass is 16.5. The molecular weight excluding hydrogens is 224 g/mol. The lowest BCUT2D eigenvalue weighted by molar-refractivity contribution is 0.0849. The van der Waals surface area contributed by atoms with Crippen LogP contribution in [0.25, 0.3) is 0 Å². The summed E-state index contributed by atoms with van der Waals surface area (Å²) in [6.45, 7) is 8.85. The van der Waals surface area contributed by atoms with Crippen LogP contribution >= 0.6 is 0 Å². The molecular formula is C15H32N2O. The van der Waals surface area contributed by atoms with Crippen molar-refractivity contribution < 1.29 is 4.74 Å². The summed E-state index contributed by atoms with van der Waals surface area (Å²) in [4.78, 5) is 2.64. The SMILES string of the molecule is COCC(CCCN)N1CCCC(C(C)C)CC1. The van der Waals surface area contributed by atoms with Gasteiger partial charge >= 0.3 is 0 Å². The van der Waals surface area contributed by atoms with Crippen molar-refractivity contribution in [2.75, 3.05) is 33.4 Å². The van der Waals surface area contributed by atoms with Crippen LogP contribution in [-0.4, -0.2) is 44.3 Å². The van der Waals surface area contributed by atoms with Gasteiger partial charge in [-0.2, -0.15) is 0 Å². The molecule has 0 aromatic heterocycles. The van der Waals surface area contributed by atoms with E-state index in [1.165, 1.54) is 38.8 Å². The van der Waals surface area contributed by atoms with Crippen LogP contribution in [0.5, 0.6) is 0 Å². The average molecular weight is 256 g/mol.